The van der Waals surface area contributed by atoms with Gasteiger partial charge in [-0.2, -0.15) is 0 Å². The molecule has 2 aromatic carbocycles. The van der Waals surface area contributed by atoms with E-state index in [2.05, 4.69) is 5.32 Å². The first-order valence-corrected chi connectivity index (χ1v) is 7.85. The van der Waals surface area contributed by atoms with Crippen LogP contribution in [0.3, 0.4) is 0 Å². The van der Waals surface area contributed by atoms with E-state index in [1.165, 1.54) is 43.4 Å². The van der Waals surface area contributed by atoms with Gasteiger partial charge in [-0.3, -0.25) is 19.7 Å². The lowest BCUT2D eigenvalue weighted by molar-refractivity contribution is -0.123. The van der Waals surface area contributed by atoms with Crippen LogP contribution in [0.15, 0.2) is 54.6 Å². The number of hydrogen-bond donors (Lipinski definition) is 2. The van der Waals surface area contributed by atoms with E-state index >= 15 is 0 Å². The van der Waals surface area contributed by atoms with E-state index in [0.29, 0.717) is 0 Å². The third-order valence-corrected chi connectivity index (χ3v) is 3.44. The van der Waals surface area contributed by atoms with Crippen molar-refractivity contribution in [2.45, 2.75) is 0 Å². The molecule has 3 amide bonds. The van der Waals surface area contributed by atoms with Crippen LogP contribution >= 0.6 is 0 Å². The van der Waals surface area contributed by atoms with Crippen molar-refractivity contribution >= 4 is 29.5 Å². The molecule has 8 nitrogen and oxygen atoms in total. The van der Waals surface area contributed by atoms with Gasteiger partial charge in [0.2, 0.25) is 11.6 Å². The highest BCUT2D eigenvalue weighted by Crippen LogP contribution is 2.10. The first kappa shape index (κ1) is 19.5. The van der Waals surface area contributed by atoms with E-state index in [9.17, 15) is 24.0 Å². The summed E-state index contributed by atoms with van der Waals surface area (Å²) >= 11 is 0. The van der Waals surface area contributed by atoms with E-state index in [1.54, 1.807) is 18.2 Å². The Morgan fingerprint density at radius 3 is 1.85 bits per heavy atom. The Morgan fingerprint density at radius 2 is 1.30 bits per heavy atom. The minimum absolute atomic E-state index is 0.0893. The summed E-state index contributed by atoms with van der Waals surface area (Å²) in [5, 5.41) is 4.12. The zero-order chi connectivity index (χ0) is 19.8. The lowest BCUT2D eigenvalue weighted by Gasteiger charge is -2.06. The Bertz CT molecular complexity index is 875. The van der Waals surface area contributed by atoms with Crippen LogP contribution in [0.2, 0.25) is 0 Å². The third kappa shape index (κ3) is 5.33. The molecule has 2 N–H and O–H groups in total. The summed E-state index contributed by atoms with van der Waals surface area (Å²) in [5.74, 6) is -2.96. The summed E-state index contributed by atoms with van der Waals surface area (Å²) in [4.78, 5) is 58.6. The molecule has 0 atom stereocenters. The molecule has 0 spiro atoms. The summed E-state index contributed by atoms with van der Waals surface area (Å²) in [5.41, 5.74) is 0.484. The van der Waals surface area contributed by atoms with Gasteiger partial charge in [0.25, 0.3) is 5.91 Å². The largest absolute Gasteiger partial charge is 0.452 e. The lowest BCUT2D eigenvalue weighted by Crippen LogP contribution is -2.39. The lowest BCUT2D eigenvalue weighted by atomic mass is 10.0. The Hall–Kier alpha value is -3.81. The molecule has 27 heavy (non-hydrogen) atoms. The molecule has 0 radical (unpaired) electrons. The second-order valence-electron chi connectivity index (χ2n) is 5.31. The Labute approximate surface area is 154 Å². The molecule has 2 aromatic rings. The number of benzene rings is 2. The van der Waals surface area contributed by atoms with E-state index in [-0.39, 0.29) is 16.7 Å². The number of carbonyl (C=O) groups is 5. The minimum atomic E-state index is -0.810. The van der Waals surface area contributed by atoms with E-state index in [4.69, 9.17) is 4.74 Å². The summed E-state index contributed by atoms with van der Waals surface area (Å²) in [6.07, 6.45) is 0. The van der Waals surface area contributed by atoms with Crippen LogP contribution in [-0.2, 0) is 9.53 Å². The minimum Gasteiger partial charge on any atom is -0.452 e. The van der Waals surface area contributed by atoms with Gasteiger partial charge in [-0.1, -0.05) is 42.5 Å². The second kappa shape index (κ2) is 9.04. The number of ether oxygens (including phenoxy) is 1. The van der Waals surface area contributed by atoms with Crippen LogP contribution < -0.4 is 10.6 Å². The third-order valence-electron chi connectivity index (χ3n) is 3.44. The van der Waals surface area contributed by atoms with Crippen molar-refractivity contribution in [1.29, 1.82) is 0 Å². The van der Waals surface area contributed by atoms with Gasteiger partial charge in [-0.05, 0) is 12.1 Å². The Morgan fingerprint density at radius 1 is 0.778 bits per heavy atom. The van der Waals surface area contributed by atoms with Crippen LogP contribution in [0.5, 0.6) is 0 Å². The number of hydrogen-bond acceptors (Lipinski definition) is 6. The molecular formula is C19H16N2O6. The van der Waals surface area contributed by atoms with Gasteiger partial charge >= 0.3 is 12.0 Å². The predicted octanol–water partition coefficient (Wildman–Crippen LogP) is 1.36. The molecule has 0 fully saturated rings. The number of carbonyl (C=O) groups excluding carboxylic acids is 5. The van der Waals surface area contributed by atoms with Crippen molar-refractivity contribution in [2.75, 3.05) is 13.7 Å². The van der Waals surface area contributed by atoms with Crippen molar-refractivity contribution in [3.05, 3.63) is 71.3 Å². The van der Waals surface area contributed by atoms with Crippen LogP contribution in [0.25, 0.3) is 0 Å². The fourth-order valence-corrected chi connectivity index (χ4v) is 2.05. The average Bonchev–Trinajstić information content (AvgIpc) is 2.71. The van der Waals surface area contributed by atoms with Gasteiger partial charge in [0.1, 0.15) is 0 Å². The topological polar surface area (TPSA) is 119 Å². The van der Waals surface area contributed by atoms with E-state index < -0.39 is 36.1 Å². The molecule has 0 aliphatic carbocycles. The monoisotopic (exact) mass is 368 g/mol. The molecule has 8 heteroatoms. The molecule has 0 aliphatic rings. The van der Waals surface area contributed by atoms with Crippen molar-refractivity contribution < 1.29 is 28.7 Å². The quantitative estimate of drug-likeness (QED) is 0.451. The summed E-state index contributed by atoms with van der Waals surface area (Å²) in [6, 6.07) is 12.7. The number of esters is 1. The summed E-state index contributed by atoms with van der Waals surface area (Å²) in [7, 11) is 1.33. The SMILES string of the molecule is CNC(=O)NC(=O)COC(=O)c1ccc(C(=O)C(=O)c2ccccc2)cc1. The van der Waals surface area contributed by atoms with Crippen molar-refractivity contribution in [3.63, 3.8) is 0 Å². The van der Waals surface area contributed by atoms with Gasteiger partial charge in [-0.25, -0.2) is 9.59 Å². The molecular weight excluding hydrogens is 352 g/mol. The van der Waals surface area contributed by atoms with Crippen LogP contribution in [0, 0.1) is 0 Å². The first-order valence-electron chi connectivity index (χ1n) is 7.85. The van der Waals surface area contributed by atoms with E-state index in [0.717, 1.165) is 0 Å². The molecule has 0 heterocycles. The van der Waals surface area contributed by atoms with Gasteiger partial charge in [0.15, 0.2) is 6.61 Å². The molecule has 138 valence electrons. The van der Waals surface area contributed by atoms with Crippen LogP contribution in [0.1, 0.15) is 31.1 Å². The molecule has 2 rings (SSSR count). The number of rotatable bonds is 6. The molecule has 0 saturated heterocycles. The number of ketones is 2. The van der Waals surface area contributed by atoms with Gasteiger partial charge in [-0.15, -0.1) is 0 Å². The van der Waals surface area contributed by atoms with Crippen molar-refractivity contribution in [1.82, 2.24) is 10.6 Å². The van der Waals surface area contributed by atoms with E-state index in [1.807, 2.05) is 5.32 Å². The highest BCUT2D eigenvalue weighted by molar-refractivity contribution is 6.49. The maximum absolute atomic E-state index is 12.2. The van der Waals surface area contributed by atoms with Crippen LogP contribution in [-0.4, -0.2) is 43.1 Å². The Balaban J connectivity index is 1.97. The molecule has 0 aliphatic heterocycles. The molecule has 0 unspecified atom stereocenters. The zero-order valence-electron chi connectivity index (χ0n) is 14.4. The second-order valence-corrected chi connectivity index (χ2v) is 5.31. The average molecular weight is 368 g/mol. The maximum atomic E-state index is 12.2. The summed E-state index contributed by atoms with van der Waals surface area (Å²) in [6.45, 7) is -0.639. The smallest absolute Gasteiger partial charge is 0.338 e. The fraction of sp³-hybridized carbons (Fsp3) is 0.105. The number of Topliss-reactive ketones (excluding diaryl/α,β-unsaturated/α-hetero) is 2. The highest BCUT2D eigenvalue weighted by atomic mass is 16.5. The number of urea groups is 1. The van der Waals surface area contributed by atoms with Gasteiger partial charge < -0.3 is 10.1 Å². The van der Waals surface area contributed by atoms with Gasteiger partial charge in [0.05, 0.1) is 5.56 Å². The number of nitrogens with one attached hydrogen (secondary N) is 2. The van der Waals surface area contributed by atoms with Crippen LogP contribution in [0.4, 0.5) is 4.79 Å². The first-order chi connectivity index (χ1) is 12.9. The highest BCUT2D eigenvalue weighted by Gasteiger charge is 2.19. The zero-order valence-corrected chi connectivity index (χ0v) is 14.4. The molecule has 0 saturated carbocycles. The van der Waals surface area contributed by atoms with Gasteiger partial charge in [0, 0.05) is 18.2 Å². The molecule has 0 bridgehead atoms. The summed E-state index contributed by atoms with van der Waals surface area (Å²) < 4.78 is 4.77. The maximum Gasteiger partial charge on any atom is 0.338 e. The number of amides is 3. The predicted molar refractivity (Wildman–Crippen MR) is 94.4 cm³/mol. The standard InChI is InChI=1S/C19H16N2O6/c1-20-19(26)21-15(22)11-27-18(25)14-9-7-13(8-10-14)17(24)16(23)12-5-3-2-4-6-12/h2-10H,11H2,1H3,(H2,20,21,22,26). The fourth-order valence-electron chi connectivity index (χ4n) is 2.05. The Kier molecular flexibility index (Phi) is 6.54. The molecule has 0 aromatic heterocycles. The normalized spacial score (nSPS) is 9.81. The number of imide groups is 1. The van der Waals surface area contributed by atoms with Crippen molar-refractivity contribution in [2.24, 2.45) is 0 Å². The van der Waals surface area contributed by atoms with Crippen molar-refractivity contribution in [3.8, 4) is 0 Å².